The van der Waals surface area contributed by atoms with Crippen molar-refractivity contribution in [2.75, 3.05) is 7.11 Å². The summed E-state index contributed by atoms with van der Waals surface area (Å²) in [6.07, 6.45) is 0. The minimum atomic E-state index is 0.250. The van der Waals surface area contributed by atoms with Gasteiger partial charge in [0, 0.05) is 5.56 Å². The Morgan fingerprint density at radius 3 is 2.56 bits per heavy atom. The van der Waals surface area contributed by atoms with Crippen LogP contribution in [0.5, 0.6) is 5.75 Å². The van der Waals surface area contributed by atoms with Gasteiger partial charge in [0.2, 0.25) is 11.7 Å². The fourth-order valence-electron chi connectivity index (χ4n) is 2.04. The SMILES string of the molecule is COc1cc(C)c(-c2noc(CN)n2)c(C)c1C. The number of hydrogen-bond acceptors (Lipinski definition) is 5. The molecule has 0 atom stereocenters. The Balaban J connectivity index is 2.60. The number of hydrogen-bond donors (Lipinski definition) is 1. The monoisotopic (exact) mass is 247 g/mol. The summed E-state index contributed by atoms with van der Waals surface area (Å²) in [5, 5.41) is 3.97. The molecule has 0 aliphatic heterocycles. The Morgan fingerprint density at radius 2 is 2.00 bits per heavy atom. The molecular weight excluding hydrogens is 230 g/mol. The second kappa shape index (κ2) is 4.78. The van der Waals surface area contributed by atoms with Crippen LogP contribution in [0.4, 0.5) is 0 Å². The molecule has 0 radical (unpaired) electrons. The summed E-state index contributed by atoms with van der Waals surface area (Å²) in [4.78, 5) is 4.27. The first-order valence-electron chi connectivity index (χ1n) is 5.76. The molecule has 1 aromatic heterocycles. The number of rotatable bonds is 3. The van der Waals surface area contributed by atoms with E-state index >= 15 is 0 Å². The fraction of sp³-hybridized carbons (Fsp3) is 0.385. The van der Waals surface area contributed by atoms with Gasteiger partial charge in [0.15, 0.2) is 0 Å². The Bertz CT molecular complexity index is 576. The van der Waals surface area contributed by atoms with Gasteiger partial charge in [0.1, 0.15) is 5.75 Å². The lowest BCUT2D eigenvalue weighted by molar-refractivity contribution is 0.380. The standard InChI is InChI=1S/C13H17N3O2/c1-7-5-10(17-4)8(2)9(3)12(7)13-15-11(6-14)18-16-13/h5H,6,14H2,1-4H3. The molecule has 0 bridgehead atoms. The molecular formula is C13H17N3O2. The highest BCUT2D eigenvalue weighted by Gasteiger charge is 2.16. The van der Waals surface area contributed by atoms with Crippen molar-refractivity contribution in [2.24, 2.45) is 5.73 Å². The number of nitrogens with two attached hydrogens (primary N) is 1. The number of methoxy groups -OCH3 is 1. The normalized spacial score (nSPS) is 10.7. The average Bonchev–Trinajstić information content (AvgIpc) is 2.82. The van der Waals surface area contributed by atoms with Crippen LogP contribution in [-0.4, -0.2) is 17.3 Å². The van der Waals surface area contributed by atoms with Gasteiger partial charge in [0.05, 0.1) is 13.7 Å². The van der Waals surface area contributed by atoms with Crippen molar-refractivity contribution in [1.29, 1.82) is 0 Å². The van der Waals surface area contributed by atoms with Crippen molar-refractivity contribution in [3.8, 4) is 17.1 Å². The lowest BCUT2D eigenvalue weighted by Gasteiger charge is -2.13. The second-order valence-electron chi connectivity index (χ2n) is 4.24. The third kappa shape index (κ3) is 1.97. The minimum Gasteiger partial charge on any atom is -0.496 e. The van der Waals surface area contributed by atoms with Gasteiger partial charge in [-0.25, -0.2) is 0 Å². The van der Waals surface area contributed by atoms with E-state index in [1.807, 2.05) is 26.8 Å². The van der Waals surface area contributed by atoms with Crippen molar-refractivity contribution < 1.29 is 9.26 Å². The van der Waals surface area contributed by atoms with Crippen molar-refractivity contribution in [2.45, 2.75) is 27.3 Å². The van der Waals surface area contributed by atoms with E-state index in [0.29, 0.717) is 11.7 Å². The molecule has 5 heteroatoms. The van der Waals surface area contributed by atoms with Gasteiger partial charge in [-0.3, -0.25) is 0 Å². The van der Waals surface area contributed by atoms with Gasteiger partial charge in [0.25, 0.3) is 0 Å². The van der Waals surface area contributed by atoms with E-state index in [1.165, 1.54) is 0 Å². The van der Waals surface area contributed by atoms with Crippen LogP contribution in [-0.2, 0) is 6.54 Å². The summed E-state index contributed by atoms with van der Waals surface area (Å²) in [5.74, 6) is 1.89. The second-order valence-corrected chi connectivity index (χ2v) is 4.24. The van der Waals surface area contributed by atoms with Crippen LogP contribution in [0.15, 0.2) is 10.6 Å². The molecule has 0 unspecified atom stereocenters. The average molecular weight is 247 g/mol. The first-order chi connectivity index (χ1) is 8.58. The predicted molar refractivity (Wildman–Crippen MR) is 68.4 cm³/mol. The lowest BCUT2D eigenvalue weighted by atomic mass is 9.97. The Kier molecular flexibility index (Phi) is 3.34. The number of ether oxygens (including phenoxy) is 1. The third-order valence-corrected chi connectivity index (χ3v) is 3.14. The first-order valence-corrected chi connectivity index (χ1v) is 5.76. The zero-order valence-corrected chi connectivity index (χ0v) is 11.1. The highest BCUT2D eigenvalue weighted by Crippen LogP contribution is 2.32. The molecule has 1 heterocycles. The third-order valence-electron chi connectivity index (χ3n) is 3.14. The summed E-state index contributed by atoms with van der Waals surface area (Å²) in [6.45, 7) is 6.29. The van der Waals surface area contributed by atoms with Crippen LogP contribution >= 0.6 is 0 Å². The van der Waals surface area contributed by atoms with E-state index in [-0.39, 0.29) is 6.54 Å². The van der Waals surface area contributed by atoms with E-state index in [1.54, 1.807) is 7.11 Å². The van der Waals surface area contributed by atoms with Crippen LogP contribution in [0.3, 0.4) is 0 Å². The summed E-state index contributed by atoms with van der Waals surface area (Å²) >= 11 is 0. The van der Waals surface area contributed by atoms with Gasteiger partial charge in [-0.15, -0.1) is 0 Å². The molecule has 1 aromatic carbocycles. The van der Waals surface area contributed by atoms with Gasteiger partial charge < -0.3 is 15.0 Å². The summed E-state index contributed by atoms with van der Waals surface area (Å²) in [5.41, 5.74) is 9.69. The van der Waals surface area contributed by atoms with Gasteiger partial charge in [-0.05, 0) is 43.5 Å². The summed E-state index contributed by atoms with van der Waals surface area (Å²) in [6, 6.07) is 1.98. The molecule has 96 valence electrons. The maximum Gasteiger partial charge on any atom is 0.240 e. The lowest BCUT2D eigenvalue weighted by Crippen LogP contribution is -1.98. The van der Waals surface area contributed by atoms with Crippen LogP contribution in [0, 0.1) is 20.8 Å². The number of aryl methyl sites for hydroxylation is 1. The first kappa shape index (κ1) is 12.6. The van der Waals surface area contributed by atoms with Crippen molar-refractivity contribution in [3.05, 3.63) is 28.6 Å². The maximum atomic E-state index is 5.48. The summed E-state index contributed by atoms with van der Waals surface area (Å²) in [7, 11) is 1.67. The predicted octanol–water partition coefficient (Wildman–Crippen LogP) is 2.13. The largest absolute Gasteiger partial charge is 0.496 e. The van der Waals surface area contributed by atoms with Crippen molar-refractivity contribution in [3.63, 3.8) is 0 Å². The Labute approximate surface area is 106 Å². The molecule has 2 N–H and O–H groups in total. The molecule has 0 amide bonds. The topological polar surface area (TPSA) is 74.2 Å². The molecule has 0 aliphatic carbocycles. The summed E-state index contributed by atoms with van der Waals surface area (Å²) < 4.78 is 10.4. The van der Waals surface area contributed by atoms with Crippen LogP contribution < -0.4 is 10.5 Å². The smallest absolute Gasteiger partial charge is 0.240 e. The molecule has 5 nitrogen and oxygen atoms in total. The molecule has 2 rings (SSSR count). The quantitative estimate of drug-likeness (QED) is 0.899. The molecule has 18 heavy (non-hydrogen) atoms. The minimum absolute atomic E-state index is 0.250. The molecule has 0 spiro atoms. The van der Waals surface area contributed by atoms with E-state index in [4.69, 9.17) is 15.0 Å². The van der Waals surface area contributed by atoms with Crippen LogP contribution in [0.25, 0.3) is 11.4 Å². The molecule has 0 aliphatic rings. The molecule has 0 fully saturated rings. The Morgan fingerprint density at radius 1 is 1.28 bits per heavy atom. The molecule has 0 saturated heterocycles. The van der Waals surface area contributed by atoms with Crippen LogP contribution in [0.2, 0.25) is 0 Å². The van der Waals surface area contributed by atoms with Gasteiger partial charge in [-0.2, -0.15) is 4.98 Å². The number of aromatic nitrogens is 2. The van der Waals surface area contributed by atoms with E-state index in [0.717, 1.165) is 28.0 Å². The van der Waals surface area contributed by atoms with Crippen molar-refractivity contribution >= 4 is 0 Å². The van der Waals surface area contributed by atoms with Gasteiger partial charge >= 0.3 is 0 Å². The maximum absolute atomic E-state index is 5.48. The van der Waals surface area contributed by atoms with Crippen LogP contribution in [0.1, 0.15) is 22.6 Å². The number of nitrogens with zero attached hydrogens (tertiary/aromatic N) is 2. The highest BCUT2D eigenvalue weighted by atomic mass is 16.5. The fourth-order valence-corrected chi connectivity index (χ4v) is 2.04. The molecule has 2 aromatic rings. The number of benzene rings is 1. The van der Waals surface area contributed by atoms with Gasteiger partial charge in [-0.1, -0.05) is 5.16 Å². The van der Waals surface area contributed by atoms with E-state index in [9.17, 15) is 0 Å². The van der Waals surface area contributed by atoms with E-state index in [2.05, 4.69) is 10.1 Å². The van der Waals surface area contributed by atoms with Crippen molar-refractivity contribution in [1.82, 2.24) is 10.1 Å². The Hall–Kier alpha value is -1.88. The molecule has 0 saturated carbocycles. The zero-order chi connectivity index (χ0) is 13.3. The van der Waals surface area contributed by atoms with E-state index < -0.39 is 0 Å². The highest BCUT2D eigenvalue weighted by molar-refractivity contribution is 5.68. The zero-order valence-electron chi connectivity index (χ0n) is 11.1.